The van der Waals surface area contributed by atoms with Gasteiger partial charge in [0, 0.05) is 18.4 Å². The van der Waals surface area contributed by atoms with Gasteiger partial charge >= 0.3 is 0 Å². The molecule has 1 aromatic rings. The number of hydrogen-bond acceptors (Lipinski definition) is 2. The molecular formula is C13H18N2O2. The van der Waals surface area contributed by atoms with E-state index in [0.29, 0.717) is 31.7 Å². The lowest BCUT2D eigenvalue weighted by atomic mass is 10.2. The minimum atomic E-state index is -0.144. The first-order chi connectivity index (χ1) is 8.20. The van der Waals surface area contributed by atoms with Crippen LogP contribution in [0, 0.1) is 5.21 Å². The normalized spacial score (nSPS) is 17.9. The Balaban J connectivity index is 1.77. The lowest BCUT2D eigenvalue weighted by molar-refractivity contribution is -0.866. The van der Waals surface area contributed by atoms with Crippen LogP contribution in [-0.4, -0.2) is 36.7 Å². The van der Waals surface area contributed by atoms with E-state index >= 15 is 0 Å². The first-order valence-corrected chi connectivity index (χ1v) is 6.10. The highest BCUT2D eigenvalue weighted by molar-refractivity contribution is 5.94. The largest absolute Gasteiger partial charge is 0.633 e. The molecule has 1 amide bonds. The molecule has 1 saturated heterocycles. The zero-order chi connectivity index (χ0) is 12.1. The third kappa shape index (κ3) is 3.28. The molecule has 4 nitrogen and oxygen atoms in total. The van der Waals surface area contributed by atoms with Gasteiger partial charge in [0.25, 0.3) is 5.91 Å². The predicted octanol–water partition coefficient (Wildman–Crippen LogP) is 1.52. The van der Waals surface area contributed by atoms with Crippen molar-refractivity contribution in [3.63, 3.8) is 0 Å². The van der Waals surface area contributed by atoms with Crippen LogP contribution in [0.2, 0.25) is 0 Å². The summed E-state index contributed by atoms with van der Waals surface area (Å²) >= 11 is 0. The van der Waals surface area contributed by atoms with Crippen molar-refractivity contribution in [1.82, 2.24) is 5.32 Å². The van der Waals surface area contributed by atoms with Crippen molar-refractivity contribution < 1.29 is 9.44 Å². The molecule has 92 valence electrons. The van der Waals surface area contributed by atoms with Gasteiger partial charge in [0.2, 0.25) is 0 Å². The third-order valence-corrected chi connectivity index (χ3v) is 3.22. The van der Waals surface area contributed by atoms with Gasteiger partial charge < -0.3 is 15.2 Å². The molecule has 0 atom stereocenters. The van der Waals surface area contributed by atoms with Gasteiger partial charge in [-0.2, -0.15) is 0 Å². The summed E-state index contributed by atoms with van der Waals surface area (Å²) in [5, 5.41) is 14.8. The quantitative estimate of drug-likeness (QED) is 0.634. The van der Waals surface area contributed by atoms with Crippen LogP contribution >= 0.6 is 0 Å². The molecule has 1 N–H and O–H groups in total. The van der Waals surface area contributed by atoms with E-state index in [2.05, 4.69) is 5.32 Å². The number of carbonyl (C=O) groups excluding carboxylic acids is 1. The molecule has 0 radical (unpaired) electrons. The van der Waals surface area contributed by atoms with Crippen LogP contribution in [0.1, 0.15) is 23.2 Å². The smallest absolute Gasteiger partial charge is 0.251 e. The molecule has 1 aromatic carbocycles. The standard InChI is InChI=1S/C13H18N2O2/c16-13(12-6-2-1-3-7-12)14-8-11-15(17)9-4-5-10-15/h1-3,6-7H,4-5,8-11H2,(H,14,16). The van der Waals surface area contributed by atoms with E-state index < -0.39 is 0 Å². The van der Waals surface area contributed by atoms with E-state index in [4.69, 9.17) is 0 Å². The maximum Gasteiger partial charge on any atom is 0.251 e. The molecule has 17 heavy (non-hydrogen) atoms. The van der Waals surface area contributed by atoms with Crippen LogP contribution in [0.25, 0.3) is 0 Å². The number of hydroxylamine groups is 3. The Kier molecular flexibility index (Phi) is 3.76. The van der Waals surface area contributed by atoms with Gasteiger partial charge in [-0.15, -0.1) is 0 Å². The summed E-state index contributed by atoms with van der Waals surface area (Å²) in [6.45, 7) is 2.33. The Hall–Kier alpha value is -1.39. The zero-order valence-electron chi connectivity index (χ0n) is 9.89. The zero-order valence-corrected chi connectivity index (χ0v) is 9.89. The van der Waals surface area contributed by atoms with E-state index in [-0.39, 0.29) is 10.6 Å². The Morgan fingerprint density at radius 2 is 1.88 bits per heavy atom. The second kappa shape index (κ2) is 5.29. The molecule has 1 aliphatic heterocycles. The molecule has 0 spiro atoms. The van der Waals surface area contributed by atoms with Crippen LogP contribution in [0.15, 0.2) is 30.3 Å². The number of quaternary nitrogens is 1. The van der Waals surface area contributed by atoms with E-state index in [1.165, 1.54) is 0 Å². The summed E-state index contributed by atoms with van der Waals surface area (Å²) in [5.41, 5.74) is 0.645. The monoisotopic (exact) mass is 234 g/mol. The van der Waals surface area contributed by atoms with Gasteiger partial charge in [-0.1, -0.05) is 18.2 Å². The summed E-state index contributed by atoms with van der Waals surface area (Å²) < 4.78 is -0.144. The Bertz CT molecular complexity index is 372. The summed E-state index contributed by atoms with van der Waals surface area (Å²) in [5.74, 6) is -0.101. The number of nitrogens with zero attached hydrogens (tertiary/aromatic N) is 1. The van der Waals surface area contributed by atoms with E-state index in [1.54, 1.807) is 12.1 Å². The van der Waals surface area contributed by atoms with Gasteiger partial charge in [0.1, 0.15) is 0 Å². The fourth-order valence-corrected chi connectivity index (χ4v) is 2.20. The molecule has 2 rings (SSSR count). The van der Waals surface area contributed by atoms with Crippen molar-refractivity contribution in [3.8, 4) is 0 Å². The molecule has 0 bridgehead atoms. The molecule has 1 fully saturated rings. The second-order valence-corrected chi connectivity index (χ2v) is 4.56. The second-order valence-electron chi connectivity index (χ2n) is 4.56. The number of rotatable bonds is 4. The molecule has 0 aliphatic carbocycles. The summed E-state index contributed by atoms with van der Waals surface area (Å²) in [7, 11) is 0. The SMILES string of the molecule is O=C(NCC[N+]1([O-])CCCC1)c1ccccc1. The van der Waals surface area contributed by atoms with Crippen molar-refractivity contribution in [2.75, 3.05) is 26.2 Å². The number of benzene rings is 1. The van der Waals surface area contributed by atoms with Crippen LogP contribution in [0.4, 0.5) is 0 Å². The topological polar surface area (TPSA) is 52.2 Å². The Morgan fingerprint density at radius 3 is 2.53 bits per heavy atom. The van der Waals surface area contributed by atoms with E-state index in [9.17, 15) is 10.0 Å². The van der Waals surface area contributed by atoms with Crippen LogP contribution < -0.4 is 5.32 Å². The molecule has 0 unspecified atom stereocenters. The molecule has 1 aliphatic rings. The van der Waals surface area contributed by atoms with Gasteiger partial charge in [-0.25, -0.2) is 0 Å². The lowest BCUT2D eigenvalue weighted by Gasteiger charge is -2.38. The average molecular weight is 234 g/mol. The average Bonchev–Trinajstić information content (AvgIpc) is 2.77. The Morgan fingerprint density at radius 1 is 1.24 bits per heavy atom. The van der Waals surface area contributed by atoms with Crippen molar-refractivity contribution in [2.45, 2.75) is 12.8 Å². The van der Waals surface area contributed by atoms with Gasteiger partial charge in [0.15, 0.2) is 0 Å². The van der Waals surface area contributed by atoms with Crippen molar-refractivity contribution >= 4 is 5.91 Å². The maximum absolute atomic E-state index is 12.0. The van der Waals surface area contributed by atoms with Crippen LogP contribution in [-0.2, 0) is 0 Å². The van der Waals surface area contributed by atoms with Crippen molar-refractivity contribution in [1.29, 1.82) is 0 Å². The van der Waals surface area contributed by atoms with Crippen LogP contribution in [0.3, 0.4) is 0 Å². The number of hydrogen-bond donors (Lipinski definition) is 1. The van der Waals surface area contributed by atoms with Gasteiger partial charge in [-0.3, -0.25) is 4.79 Å². The molecule has 4 heteroatoms. The van der Waals surface area contributed by atoms with Crippen molar-refractivity contribution in [3.05, 3.63) is 41.1 Å². The number of carbonyl (C=O) groups is 1. The fraction of sp³-hybridized carbons (Fsp3) is 0.462. The van der Waals surface area contributed by atoms with E-state index in [0.717, 1.165) is 12.8 Å². The predicted molar refractivity (Wildman–Crippen MR) is 66.2 cm³/mol. The fourth-order valence-electron chi connectivity index (χ4n) is 2.20. The van der Waals surface area contributed by atoms with E-state index in [1.807, 2.05) is 18.2 Å². The summed E-state index contributed by atoms with van der Waals surface area (Å²) in [6, 6.07) is 9.08. The molecule has 0 aromatic heterocycles. The first-order valence-electron chi connectivity index (χ1n) is 6.10. The molecule has 1 heterocycles. The number of nitrogens with one attached hydrogen (secondary N) is 1. The van der Waals surface area contributed by atoms with Gasteiger partial charge in [-0.05, 0) is 12.1 Å². The highest BCUT2D eigenvalue weighted by atomic mass is 16.5. The van der Waals surface area contributed by atoms with Crippen molar-refractivity contribution in [2.24, 2.45) is 0 Å². The summed E-state index contributed by atoms with van der Waals surface area (Å²) in [6.07, 6.45) is 2.02. The number of likely N-dealkylation sites (tertiary alicyclic amines) is 1. The molecular weight excluding hydrogens is 216 g/mol. The Labute approximate surface area is 101 Å². The lowest BCUT2D eigenvalue weighted by Crippen LogP contribution is -2.44. The highest BCUT2D eigenvalue weighted by Gasteiger charge is 2.22. The summed E-state index contributed by atoms with van der Waals surface area (Å²) in [4.78, 5) is 11.7. The van der Waals surface area contributed by atoms with Crippen LogP contribution in [0.5, 0.6) is 0 Å². The molecule has 0 saturated carbocycles. The number of amides is 1. The van der Waals surface area contributed by atoms with Gasteiger partial charge in [0.05, 0.1) is 26.2 Å². The minimum absolute atomic E-state index is 0.101. The maximum atomic E-state index is 12.0. The third-order valence-electron chi connectivity index (χ3n) is 3.22. The highest BCUT2D eigenvalue weighted by Crippen LogP contribution is 2.16. The minimum Gasteiger partial charge on any atom is -0.633 e. The first kappa shape index (κ1) is 12.1.